The highest BCUT2D eigenvalue weighted by atomic mass is 16.6. The number of amides is 1. The number of nitrogens with zero attached hydrogens (tertiary/aromatic N) is 1. The van der Waals surface area contributed by atoms with Gasteiger partial charge in [-0.15, -0.1) is 0 Å². The summed E-state index contributed by atoms with van der Waals surface area (Å²) in [7, 11) is 0. The van der Waals surface area contributed by atoms with E-state index in [-0.39, 0.29) is 0 Å². The molecule has 0 aromatic rings. The molecule has 1 amide bonds. The minimum Gasteiger partial charge on any atom is -0.444 e. The first kappa shape index (κ1) is 12.3. The van der Waals surface area contributed by atoms with Crippen LogP contribution in [0.4, 0.5) is 4.79 Å². The smallest absolute Gasteiger partial charge is 0.412 e. The summed E-state index contributed by atoms with van der Waals surface area (Å²) in [4.78, 5) is 12.8. The maximum atomic E-state index is 11.6. The van der Waals surface area contributed by atoms with Crippen LogP contribution in [0.5, 0.6) is 0 Å². The van der Waals surface area contributed by atoms with E-state index in [4.69, 9.17) is 4.74 Å². The van der Waals surface area contributed by atoms with Gasteiger partial charge in [0.25, 0.3) is 0 Å². The fourth-order valence-electron chi connectivity index (χ4n) is 1.48. The number of aliphatic hydroxyl groups is 2. The molecule has 0 saturated carbocycles. The van der Waals surface area contributed by atoms with Crippen molar-refractivity contribution in [2.75, 3.05) is 6.54 Å². The number of hydrogen-bond donors (Lipinski definition) is 2. The molecule has 0 spiro atoms. The largest absolute Gasteiger partial charge is 0.444 e. The van der Waals surface area contributed by atoms with Gasteiger partial charge in [0.2, 0.25) is 0 Å². The Morgan fingerprint density at radius 2 is 2.00 bits per heavy atom. The van der Waals surface area contributed by atoms with Crippen molar-refractivity contribution < 1.29 is 19.7 Å². The SMILES string of the molecule is CC(C)(C)OC(=O)N1CCCC(O)C1O. The molecule has 0 aromatic heterocycles. The van der Waals surface area contributed by atoms with Gasteiger partial charge in [-0.25, -0.2) is 4.79 Å². The fraction of sp³-hybridized carbons (Fsp3) is 0.900. The van der Waals surface area contributed by atoms with Crippen LogP contribution >= 0.6 is 0 Å². The zero-order chi connectivity index (χ0) is 11.6. The van der Waals surface area contributed by atoms with E-state index in [9.17, 15) is 15.0 Å². The molecule has 0 aliphatic carbocycles. The van der Waals surface area contributed by atoms with Crippen molar-refractivity contribution in [3.63, 3.8) is 0 Å². The molecule has 0 bridgehead atoms. The van der Waals surface area contributed by atoms with Gasteiger partial charge in [-0.05, 0) is 33.6 Å². The Labute approximate surface area is 89.6 Å². The van der Waals surface area contributed by atoms with Gasteiger partial charge in [0.1, 0.15) is 5.60 Å². The molecule has 1 heterocycles. The molecular formula is C10H19NO4. The molecule has 1 aliphatic rings. The Morgan fingerprint density at radius 3 is 2.53 bits per heavy atom. The van der Waals surface area contributed by atoms with Crippen LogP contribution in [0.1, 0.15) is 33.6 Å². The predicted octanol–water partition coefficient (Wildman–Crippen LogP) is 0.697. The summed E-state index contributed by atoms with van der Waals surface area (Å²) in [6.07, 6.45) is -1.40. The summed E-state index contributed by atoms with van der Waals surface area (Å²) < 4.78 is 5.11. The van der Waals surface area contributed by atoms with E-state index in [0.29, 0.717) is 19.4 Å². The fourth-order valence-corrected chi connectivity index (χ4v) is 1.48. The molecule has 0 radical (unpaired) electrons. The van der Waals surface area contributed by atoms with Gasteiger partial charge in [0.15, 0.2) is 6.23 Å². The van der Waals surface area contributed by atoms with Crippen molar-refractivity contribution in [1.82, 2.24) is 4.90 Å². The van der Waals surface area contributed by atoms with E-state index in [0.717, 1.165) is 0 Å². The second-order valence-electron chi connectivity index (χ2n) is 4.80. The molecule has 5 nitrogen and oxygen atoms in total. The molecule has 2 N–H and O–H groups in total. The minimum atomic E-state index is -1.14. The van der Waals surface area contributed by atoms with Crippen molar-refractivity contribution in [2.24, 2.45) is 0 Å². The number of likely N-dealkylation sites (tertiary alicyclic amines) is 1. The molecule has 1 fully saturated rings. The van der Waals surface area contributed by atoms with E-state index < -0.39 is 24.0 Å². The summed E-state index contributed by atoms with van der Waals surface area (Å²) in [5.74, 6) is 0. The zero-order valence-electron chi connectivity index (χ0n) is 9.43. The second kappa shape index (κ2) is 4.37. The van der Waals surface area contributed by atoms with Crippen LogP contribution in [0, 0.1) is 0 Å². The minimum absolute atomic E-state index is 0.424. The number of hydrogen-bond acceptors (Lipinski definition) is 4. The lowest BCUT2D eigenvalue weighted by molar-refractivity contribution is -0.106. The van der Waals surface area contributed by atoms with Gasteiger partial charge < -0.3 is 14.9 Å². The second-order valence-corrected chi connectivity index (χ2v) is 4.80. The summed E-state index contributed by atoms with van der Waals surface area (Å²) >= 11 is 0. The van der Waals surface area contributed by atoms with E-state index in [1.165, 1.54) is 4.90 Å². The molecule has 0 aromatic carbocycles. The number of carbonyl (C=O) groups excluding carboxylic acids is 1. The van der Waals surface area contributed by atoms with Crippen LogP contribution < -0.4 is 0 Å². The third-order valence-electron chi connectivity index (χ3n) is 2.19. The van der Waals surface area contributed by atoms with Crippen LogP contribution in [0.15, 0.2) is 0 Å². The van der Waals surface area contributed by atoms with Crippen LogP contribution in [0.2, 0.25) is 0 Å². The van der Waals surface area contributed by atoms with E-state index in [1.807, 2.05) is 0 Å². The highest BCUT2D eigenvalue weighted by molar-refractivity contribution is 5.68. The molecule has 15 heavy (non-hydrogen) atoms. The molecule has 88 valence electrons. The van der Waals surface area contributed by atoms with Crippen LogP contribution in [-0.2, 0) is 4.74 Å². The van der Waals surface area contributed by atoms with Crippen LogP contribution in [0.3, 0.4) is 0 Å². The van der Waals surface area contributed by atoms with E-state index >= 15 is 0 Å². The predicted molar refractivity (Wildman–Crippen MR) is 54.2 cm³/mol. The lowest BCUT2D eigenvalue weighted by Crippen LogP contribution is -2.52. The molecule has 2 unspecified atom stereocenters. The van der Waals surface area contributed by atoms with Crippen molar-refractivity contribution in [3.05, 3.63) is 0 Å². The Kier molecular flexibility index (Phi) is 3.57. The Hall–Kier alpha value is -0.810. The lowest BCUT2D eigenvalue weighted by Gasteiger charge is -2.36. The Bertz CT molecular complexity index is 236. The Balaban J connectivity index is 2.59. The highest BCUT2D eigenvalue weighted by Gasteiger charge is 2.34. The van der Waals surface area contributed by atoms with Crippen molar-refractivity contribution in [3.8, 4) is 0 Å². The first-order valence-corrected chi connectivity index (χ1v) is 5.17. The average Bonchev–Trinajstić information content (AvgIpc) is 2.06. The first-order valence-electron chi connectivity index (χ1n) is 5.17. The molecule has 1 rings (SSSR count). The van der Waals surface area contributed by atoms with Gasteiger partial charge in [0.05, 0.1) is 6.10 Å². The normalized spacial score (nSPS) is 27.7. The van der Waals surface area contributed by atoms with Crippen LogP contribution in [0.25, 0.3) is 0 Å². The maximum Gasteiger partial charge on any atom is 0.412 e. The van der Waals surface area contributed by atoms with Crippen LogP contribution in [-0.4, -0.2) is 45.7 Å². The lowest BCUT2D eigenvalue weighted by atomic mass is 10.1. The molecule has 2 atom stereocenters. The third kappa shape index (κ3) is 3.35. The van der Waals surface area contributed by atoms with Crippen molar-refractivity contribution in [2.45, 2.75) is 51.5 Å². The maximum absolute atomic E-state index is 11.6. The third-order valence-corrected chi connectivity index (χ3v) is 2.19. The first-order chi connectivity index (χ1) is 6.81. The van der Waals surface area contributed by atoms with Gasteiger partial charge >= 0.3 is 6.09 Å². The monoisotopic (exact) mass is 217 g/mol. The molecular weight excluding hydrogens is 198 g/mol. The summed E-state index contributed by atoms with van der Waals surface area (Å²) in [5, 5.41) is 19.0. The van der Waals surface area contributed by atoms with E-state index in [2.05, 4.69) is 0 Å². The van der Waals surface area contributed by atoms with Gasteiger partial charge in [-0.1, -0.05) is 0 Å². The number of carbonyl (C=O) groups is 1. The standard InChI is InChI=1S/C10H19NO4/c1-10(2,3)15-9(14)11-6-4-5-7(12)8(11)13/h7-8,12-13H,4-6H2,1-3H3. The Morgan fingerprint density at radius 1 is 1.40 bits per heavy atom. The number of piperidine rings is 1. The topological polar surface area (TPSA) is 70.0 Å². The molecule has 1 aliphatic heterocycles. The average molecular weight is 217 g/mol. The van der Waals surface area contributed by atoms with Gasteiger partial charge in [0, 0.05) is 6.54 Å². The number of aliphatic hydroxyl groups excluding tert-OH is 2. The van der Waals surface area contributed by atoms with Gasteiger partial charge in [-0.2, -0.15) is 0 Å². The summed E-state index contributed by atoms with van der Waals surface area (Å²) in [6.45, 7) is 5.71. The highest BCUT2D eigenvalue weighted by Crippen LogP contribution is 2.19. The number of ether oxygens (including phenoxy) is 1. The van der Waals surface area contributed by atoms with Crippen molar-refractivity contribution in [1.29, 1.82) is 0 Å². The summed E-state index contributed by atoms with van der Waals surface area (Å²) in [5.41, 5.74) is -0.584. The zero-order valence-corrected chi connectivity index (χ0v) is 9.43. The summed E-state index contributed by atoms with van der Waals surface area (Å²) in [6, 6.07) is 0. The number of rotatable bonds is 0. The van der Waals surface area contributed by atoms with Gasteiger partial charge in [-0.3, -0.25) is 4.90 Å². The molecule has 1 saturated heterocycles. The van der Waals surface area contributed by atoms with E-state index in [1.54, 1.807) is 20.8 Å². The quantitative estimate of drug-likeness (QED) is 0.626. The van der Waals surface area contributed by atoms with Crippen molar-refractivity contribution >= 4 is 6.09 Å². The molecule has 5 heteroatoms.